The van der Waals surface area contributed by atoms with Gasteiger partial charge in [0.1, 0.15) is 0 Å². The van der Waals surface area contributed by atoms with Crippen molar-refractivity contribution in [1.29, 1.82) is 0 Å². The first-order valence-corrected chi connectivity index (χ1v) is 11.8. The predicted molar refractivity (Wildman–Crippen MR) is 116 cm³/mol. The summed E-state index contributed by atoms with van der Waals surface area (Å²) in [5.41, 5.74) is -0.739. The summed E-state index contributed by atoms with van der Waals surface area (Å²) in [4.78, 5) is 47.5. The van der Waals surface area contributed by atoms with Gasteiger partial charge in [0.15, 0.2) is 0 Å². The van der Waals surface area contributed by atoms with Crippen LogP contribution in [0, 0.1) is 10.8 Å². The van der Waals surface area contributed by atoms with Crippen LogP contribution < -0.4 is 0 Å². The lowest BCUT2D eigenvalue weighted by molar-refractivity contribution is -0.143. The van der Waals surface area contributed by atoms with Gasteiger partial charge >= 0.3 is 6.03 Å². The number of piperidine rings is 1. The Morgan fingerprint density at radius 3 is 2.40 bits per heavy atom. The fourth-order valence-corrected chi connectivity index (χ4v) is 6.45. The highest BCUT2D eigenvalue weighted by atomic mass is 32.1. The van der Waals surface area contributed by atoms with Gasteiger partial charge in [-0.15, -0.1) is 11.3 Å². The first-order valence-electron chi connectivity index (χ1n) is 10.9. The second kappa shape index (κ2) is 7.87. The van der Waals surface area contributed by atoms with Crippen molar-refractivity contribution in [2.24, 2.45) is 10.8 Å². The molecule has 3 aliphatic heterocycles. The van der Waals surface area contributed by atoms with Crippen LogP contribution in [0.25, 0.3) is 0 Å². The van der Waals surface area contributed by atoms with Gasteiger partial charge in [0.2, 0.25) is 11.8 Å². The highest BCUT2D eigenvalue weighted by molar-refractivity contribution is 7.10. The molecule has 2 spiro atoms. The molecule has 0 radical (unpaired) electrons. The van der Waals surface area contributed by atoms with Crippen molar-refractivity contribution < 1.29 is 14.4 Å². The fourth-order valence-electron chi connectivity index (χ4n) is 5.76. The third-order valence-corrected chi connectivity index (χ3v) is 8.36. The Morgan fingerprint density at radius 2 is 1.83 bits per heavy atom. The smallest absolute Gasteiger partial charge is 0.319 e. The fraction of sp³-hybridized carbons (Fsp3) is 0.682. The number of thiophene rings is 1. The number of urea groups is 1. The topological polar surface area (TPSA) is 64.2 Å². The molecule has 0 aliphatic carbocycles. The Hall–Kier alpha value is -2.09. The number of fused-ring (bicyclic) bond motifs is 1. The van der Waals surface area contributed by atoms with Gasteiger partial charge in [0, 0.05) is 63.7 Å². The zero-order chi connectivity index (χ0) is 21.5. The molecule has 4 rings (SSSR count). The van der Waals surface area contributed by atoms with E-state index in [2.05, 4.69) is 0 Å². The summed E-state index contributed by atoms with van der Waals surface area (Å²) in [6.07, 6.45) is 2.82. The Bertz CT molecular complexity index is 816. The molecular formula is C22H32N4O3S. The van der Waals surface area contributed by atoms with Gasteiger partial charge in [0.05, 0.1) is 11.8 Å². The molecule has 0 saturated carbocycles. The molecule has 7 nitrogen and oxygen atoms in total. The molecular weight excluding hydrogens is 400 g/mol. The molecule has 4 amide bonds. The average Bonchev–Trinajstić information content (AvgIpc) is 3.43. The maximum atomic E-state index is 13.5. The van der Waals surface area contributed by atoms with Gasteiger partial charge in [-0.05, 0) is 37.6 Å². The Kier molecular flexibility index (Phi) is 5.55. The van der Waals surface area contributed by atoms with Gasteiger partial charge in [-0.2, -0.15) is 0 Å². The molecule has 1 atom stereocenters. The van der Waals surface area contributed by atoms with Crippen LogP contribution in [0.15, 0.2) is 17.5 Å². The van der Waals surface area contributed by atoms with E-state index in [9.17, 15) is 14.4 Å². The Labute approximate surface area is 182 Å². The number of carbonyl (C=O) groups is 3. The molecule has 1 aromatic heterocycles. The summed E-state index contributed by atoms with van der Waals surface area (Å²) >= 11 is 1.61. The molecule has 0 bridgehead atoms. The lowest BCUT2D eigenvalue weighted by Crippen LogP contribution is -2.53. The third-order valence-electron chi connectivity index (χ3n) is 7.49. The molecule has 30 heavy (non-hydrogen) atoms. The predicted octanol–water partition coefficient (Wildman–Crippen LogP) is 2.14. The summed E-state index contributed by atoms with van der Waals surface area (Å²) < 4.78 is 0. The zero-order valence-corrected chi connectivity index (χ0v) is 19.0. The second-order valence-corrected chi connectivity index (χ2v) is 10.2. The lowest BCUT2D eigenvalue weighted by Gasteiger charge is -2.46. The average molecular weight is 433 g/mol. The minimum atomic E-state index is -0.502. The molecule has 0 unspecified atom stereocenters. The summed E-state index contributed by atoms with van der Waals surface area (Å²) in [5.74, 6) is 0.367. The summed E-state index contributed by atoms with van der Waals surface area (Å²) in [7, 11) is 3.53. The normalized spacial score (nSPS) is 25.6. The van der Waals surface area contributed by atoms with E-state index in [1.165, 1.54) is 0 Å². The number of carbonyl (C=O) groups excluding carboxylic acids is 3. The molecule has 4 heterocycles. The minimum Gasteiger partial charge on any atom is -0.342 e. The van der Waals surface area contributed by atoms with E-state index >= 15 is 0 Å². The first kappa shape index (κ1) is 21.2. The van der Waals surface area contributed by atoms with Crippen LogP contribution in [0.4, 0.5) is 4.79 Å². The van der Waals surface area contributed by atoms with Gasteiger partial charge in [-0.3, -0.25) is 9.59 Å². The zero-order valence-electron chi connectivity index (χ0n) is 18.2. The molecule has 3 fully saturated rings. The van der Waals surface area contributed by atoms with Crippen LogP contribution in [0.3, 0.4) is 0 Å². The van der Waals surface area contributed by atoms with E-state index < -0.39 is 5.41 Å². The number of hydrogen-bond donors (Lipinski definition) is 0. The van der Waals surface area contributed by atoms with E-state index in [1.54, 1.807) is 30.3 Å². The molecule has 0 N–H and O–H groups in total. The monoisotopic (exact) mass is 432 g/mol. The van der Waals surface area contributed by atoms with Crippen molar-refractivity contribution in [3.63, 3.8) is 0 Å². The van der Waals surface area contributed by atoms with Crippen molar-refractivity contribution in [1.82, 2.24) is 19.6 Å². The van der Waals surface area contributed by atoms with Gasteiger partial charge < -0.3 is 19.6 Å². The van der Waals surface area contributed by atoms with Gasteiger partial charge in [-0.25, -0.2) is 4.79 Å². The molecule has 164 valence electrons. The maximum Gasteiger partial charge on any atom is 0.319 e. The number of nitrogens with zero attached hydrogens (tertiary/aromatic N) is 4. The molecule has 1 aromatic rings. The van der Waals surface area contributed by atoms with E-state index in [0.717, 1.165) is 30.7 Å². The highest BCUT2D eigenvalue weighted by Gasteiger charge is 2.65. The summed E-state index contributed by atoms with van der Waals surface area (Å²) in [6, 6.07) is 3.95. The first-order chi connectivity index (χ1) is 14.3. The van der Waals surface area contributed by atoms with Crippen LogP contribution >= 0.6 is 11.3 Å². The van der Waals surface area contributed by atoms with Crippen molar-refractivity contribution in [3.8, 4) is 0 Å². The maximum absolute atomic E-state index is 13.5. The lowest BCUT2D eigenvalue weighted by atomic mass is 9.60. The Balaban J connectivity index is 1.54. The number of rotatable bonds is 3. The summed E-state index contributed by atoms with van der Waals surface area (Å²) in [6.45, 7) is 5.94. The summed E-state index contributed by atoms with van der Waals surface area (Å²) in [5, 5.41) is 2.00. The van der Waals surface area contributed by atoms with Crippen LogP contribution in [0.2, 0.25) is 0 Å². The molecule has 3 aliphatic rings. The van der Waals surface area contributed by atoms with Crippen LogP contribution in [-0.2, 0) is 16.0 Å². The van der Waals surface area contributed by atoms with E-state index in [1.807, 2.05) is 39.1 Å². The van der Waals surface area contributed by atoms with Crippen LogP contribution in [0.5, 0.6) is 0 Å². The standard InChI is InChI=1S/C22H32N4O3S/c1-4-24-12-9-22(19(24)28)16-26(20(29)23(2)3)15-21(22)7-10-25(11-8-21)18(27)14-17-6-5-13-30-17/h5-6,13H,4,7-12,14-16H2,1-3H3/t22-/m0/s1. The van der Waals surface area contributed by atoms with E-state index in [0.29, 0.717) is 39.1 Å². The van der Waals surface area contributed by atoms with Gasteiger partial charge in [-0.1, -0.05) is 6.07 Å². The van der Waals surface area contributed by atoms with Crippen molar-refractivity contribution in [2.45, 2.75) is 32.6 Å². The van der Waals surface area contributed by atoms with Crippen molar-refractivity contribution in [3.05, 3.63) is 22.4 Å². The Morgan fingerprint density at radius 1 is 1.10 bits per heavy atom. The van der Waals surface area contributed by atoms with Crippen LogP contribution in [-0.4, -0.2) is 90.8 Å². The van der Waals surface area contributed by atoms with Crippen molar-refractivity contribution in [2.75, 3.05) is 53.4 Å². The van der Waals surface area contributed by atoms with Crippen LogP contribution in [0.1, 0.15) is 31.1 Å². The minimum absolute atomic E-state index is 0.0230. The largest absolute Gasteiger partial charge is 0.342 e. The van der Waals surface area contributed by atoms with Crippen molar-refractivity contribution >= 4 is 29.2 Å². The number of amides is 4. The molecule has 3 saturated heterocycles. The number of hydrogen-bond acceptors (Lipinski definition) is 4. The highest BCUT2D eigenvalue weighted by Crippen LogP contribution is 2.58. The third kappa shape index (κ3) is 3.29. The SMILES string of the molecule is CCN1CC[C@]2(CN(C(=O)N(C)C)CC23CCN(C(=O)Cc2cccs2)CC3)C1=O. The second-order valence-electron chi connectivity index (χ2n) is 9.17. The number of likely N-dealkylation sites (tertiary alicyclic amines) is 3. The van der Waals surface area contributed by atoms with E-state index in [4.69, 9.17) is 0 Å². The van der Waals surface area contributed by atoms with Gasteiger partial charge in [0.25, 0.3) is 0 Å². The van der Waals surface area contributed by atoms with E-state index in [-0.39, 0.29) is 23.3 Å². The molecule has 8 heteroatoms. The molecule has 0 aromatic carbocycles. The quantitative estimate of drug-likeness (QED) is 0.735.